The molecule has 0 atom stereocenters. The highest BCUT2D eigenvalue weighted by atomic mass is 16.5. The van der Waals surface area contributed by atoms with Crippen molar-refractivity contribution in [1.29, 1.82) is 0 Å². The van der Waals surface area contributed by atoms with Crippen LogP contribution in [-0.4, -0.2) is 25.2 Å². The van der Waals surface area contributed by atoms with Gasteiger partial charge in [-0.25, -0.2) is 0 Å². The first-order valence-electron chi connectivity index (χ1n) is 5.22. The van der Waals surface area contributed by atoms with Crippen LogP contribution in [0, 0.1) is 5.92 Å². The molecule has 1 N–H and O–H groups in total. The van der Waals surface area contributed by atoms with Gasteiger partial charge in [0.2, 0.25) is 5.91 Å². The Kier molecular flexibility index (Phi) is 5.77. The lowest BCUT2D eigenvalue weighted by atomic mass is 10.0. The second-order valence-corrected chi connectivity index (χ2v) is 4.64. The molecule has 0 fully saturated rings. The molecular weight excluding hydrogens is 178 g/mol. The minimum atomic E-state index is -0.198. The summed E-state index contributed by atoms with van der Waals surface area (Å²) in [5, 5.41) is 2.61. The summed E-state index contributed by atoms with van der Waals surface area (Å²) < 4.78 is 5.71. The monoisotopic (exact) mass is 201 g/mol. The summed E-state index contributed by atoms with van der Waals surface area (Å²) in [4.78, 5) is 11.0. The zero-order valence-electron chi connectivity index (χ0n) is 10.0. The van der Waals surface area contributed by atoms with E-state index < -0.39 is 0 Å². The molecule has 0 bridgehead atoms. The summed E-state index contributed by atoms with van der Waals surface area (Å²) in [5.41, 5.74) is -0.198. The Labute approximate surface area is 87.2 Å². The molecule has 0 saturated carbocycles. The summed E-state index contributed by atoms with van der Waals surface area (Å²) in [6.07, 6.45) is 1.29. The van der Waals surface area contributed by atoms with Gasteiger partial charge < -0.3 is 10.1 Å². The van der Waals surface area contributed by atoms with Gasteiger partial charge in [-0.05, 0) is 26.2 Å². The SMILES string of the molecule is CNC(=O)CCC(C)(C)OCC(C)C. The van der Waals surface area contributed by atoms with E-state index in [4.69, 9.17) is 4.74 Å². The number of hydrogen-bond donors (Lipinski definition) is 1. The highest BCUT2D eigenvalue weighted by molar-refractivity contribution is 5.75. The number of ether oxygens (including phenoxy) is 1. The third-order valence-electron chi connectivity index (χ3n) is 2.04. The van der Waals surface area contributed by atoms with E-state index in [2.05, 4.69) is 19.2 Å². The van der Waals surface area contributed by atoms with Crippen LogP contribution < -0.4 is 5.32 Å². The van der Waals surface area contributed by atoms with Crippen LogP contribution in [0.3, 0.4) is 0 Å². The van der Waals surface area contributed by atoms with E-state index in [0.29, 0.717) is 12.3 Å². The topological polar surface area (TPSA) is 38.3 Å². The maximum Gasteiger partial charge on any atom is 0.219 e. The molecule has 0 spiro atoms. The molecule has 0 heterocycles. The molecule has 0 saturated heterocycles. The summed E-state index contributed by atoms with van der Waals surface area (Å²) in [6, 6.07) is 0. The Morgan fingerprint density at radius 2 is 2.00 bits per heavy atom. The average Bonchev–Trinajstić information content (AvgIpc) is 2.11. The minimum Gasteiger partial charge on any atom is -0.375 e. The Bertz CT molecular complexity index is 176. The molecule has 0 aliphatic carbocycles. The molecular formula is C11H23NO2. The van der Waals surface area contributed by atoms with Gasteiger partial charge in [0.25, 0.3) is 0 Å². The van der Waals surface area contributed by atoms with Crippen molar-refractivity contribution in [2.45, 2.75) is 46.1 Å². The lowest BCUT2D eigenvalue weighted by Crippen LogP contribution is -2.29. The van der Waals surface area contributed by atoms with Gasteiger partial charge in [0.05, 0.1) is 5.60 Å². The quantitative estimate of drug-likeness (QED) is 0.713. The van der Waals surface area contributed by atoms with E-state index in [9.17, 15) is 4.79 Å². The summed E-state index contributed by atoms with van der Waals surface area (Å²) >= 11 is 0. The first-order chi connectivity index (χ1) is 6.37. The predicted molar refractivity (Wildman–Crippen MR) is 58.2 cm³/mol. The van der Waals surface area contributed by atoms with Gasteiger partial charge in [0.15, 0.2) is 0 Å². The highest BCUT2D eigenvalue weighted by Gasteiger charge is 2.19. The first kappa shape index (κ1) is 13.4. The molecule has 0 aromatic rings. The predicted octanol–water partition coefficient (Wildman–Crippen LogP) is 1.96. The van der Waals surface area contributed by atoms with Crippen molar-refractivity contribution in [2.24, 2.45) is 5.92 Å². The Morgan fingerprint density at radius 1 is 1.43 bits per heavy atom. The van der Waals surface area contributed by atoms with Crippen molar-refractivity contribution in [2.75, 3.05) is 13.7 Å². The van der Waals surface area contributed by atoms with E-state index in [1.165, 1.54) is 0 Å². The molecule has 0 aromatic heterocycles. The lowest BCUT2D eigenvalue weighted by Gasteiger charge is -2.26. The molecule has 0 unspecified atom stereocenters. The molecule has 3 nitrogen and oxygen atoms in total. The fraction of sp³-hybridized carbons (Fsp3) is 0.909. The molecule has 14 heavy (non-hydrogen) atoms. The number of hydrogen-bond acceptors (Lipinski definition) is 2. The van der Waals surface area contributed by atoms with Gasteiger partial charge in [-0.1, -0.05) is 13.8 Å². The standard InChI is InChI=1S/C11H23NO2/c1-9(2)8-14-11(3,4)7-6-10(13)12-5/h9H,6-8H2,1-5H3,(H,12,13). The van der Waals surface area contributed by atoms with E-state index >= 15 is 0 Å². The van der Waals surface area contributed by atoms with E-state index in [0.717, 1.165) is 13.0 Å². The van der Waals surface area contributed by atoms with E-state index in [1.54, 1.807) is 7.05 Å². The minimum absolute atomic E-state index is 0.0752. The average molecular weight is 201 g/mol. The van der Waals surface area contributed by atoms with Crippen LogP contribution in [-0.2, 0) is 9.53 Å². The molecule has 0 radical (unpaired) electrons. The largest absolute Gasteiger partial charge is 0.375 e. The number of amides is 1. The summed E-state index contributed by atoms with van der Waals surface area (Å²) in [6.45, 7) is 9.04. The van der Waals surface area contributed by atoms with Crippen LogP contribution in [0.2, 0.25) is 0 Å². The van der Waals surface area contributed by atoms with E-state index in [1.807, 2.05) is 13.8 Å². The Balaban J connectivity index is 3.77. The number of nitrogens with one attached hydrogen (secondary N) is 1. The normalized spacial score (nSPS) is 11.9. The fourth-order valence-electron chi connectivity index (χ4n) is 1.00. The van der Waals surface area contributed by atoms with Crippen LogP contribution in [0.5, 0.6) is 0 Å². The molecule has 1 amide bonds. The second kappa shape index (κ2) is 6.02. The molecule has 0 rings (SSSR count). The first-order valence-corrected chi connectivity index (χ1v) is 5.22. The van der Waals surface area contributed by atoms with Gasteiger partial charge in [-0.3, -0.25) is 4.79 Å². The van der Waals surface area contributed by atoms with Gasteiger partial charge >= 0.3 is 0 Å². The Hall–Kier alpha value is -0.570. The third kappa shape index (κ3) is 6.89. The molecule has 84 valence electrons. The maximum absolute atomic E-state index is 11.0. The fourth-order valence-corrected chi connectivity index (χ4v) is 1.00. The van der Waals surface area contributed by atoms with Crippen LogP contribution in [0.25, 0.3) is 0 Å². The van der Waals surface area contributed by atoms with Gasteiger partial charge in [-0.2, -0.15) is 0 Å². The number of rotatable bonds is 6. The van der Waals surface area contributed by atoms with Crippen molar-refractivity contribution in [3.8, 4) is 0 Å². The molecule has 0 aliphatic heterocycles. The number of carbonyl (C=O) groups excluding carboxylic acids is 1. The van der Waals surface area contributed by atoms with Gasteiger partial charge in [-0.15, -0.1) is 0 Å². The molecule has 0 aliphatic rings. The Morgan fingerprint density at radius 3 is 2.43 bits per heavy atom. The van der Waals surface area contributed by atoms with E-state index in [-0.39, 0.29) is 11.5 Å². The van der Waals surface area contributed by atoms with Gasteiger partial charge in [0, 0.05) is 20.1 Å². The van der Waals surface area contributed by atoms with Crippen LogP contribution in [0.4, 0.5) is 0 Å². The van der Waals surface area contributed by atoms with Crippen molar-refractivity contribution < 1.29 is 9.53 Å². The zero-order valence-corrected chi connectivity index (χ0v) is 10.0. The van der Waals surface area contributed by atoms with Crippen LogP contribution >= 0.6 is 0 Å². The van der Waals surface area contributed by atoms with Crippen LogP contribution in [0.15, 0.2) is 0 Å². The summed E-state index contributed by atoms with van der Waals surface area (Å²) in [5.74, 6) is 0.612. The van der Waals surface area contributed by atoms with Crippen LogP contribution in [0.1, 0.15) is 40.5 Å². The zero-order chi connectivity index (χ0) is 11.2. The highest BCUT2D eigenvalue weighted by Crippen LogP contribution is 2.17. The molecule has 3 heteroatoms. The number of carbonyl (C=O) groups is 1. The van der Waals surface area contributed by atoms with Crippen molar-refractivity contribution in [3.63, 3.8) is 0 Å². The van der Waals surface area contributed by atoms with Crippen molar-refractivity contribution in [1.82, 2.24) is 5.32 Å². The van der Waals surface area contributed by atoms with Crippen molar-refractivity contribution >= 4 is 5.91 Å². The second-order valence-electron chi connectivity index (χ2n) is 4.64. The molecule has 0 aromatic carbocycles. The van der Waals surface area contributed by atoms with Gasteiger partial charge in [0.1, 0.15) is 0 Å². The third-order valence-corrected chi connectivity index (χ3v) is 2.04. The summed E-state index contributed by atoms with van der Waals surface area (Å²) in [7, 11) is 1.66. The van der Waals surface area contributed by atoms with Crippen molar-refractivity contribution in [3.05, 3.63) is 0 Å². The maximum atomic E-state index is 11.0. The smallest absolute Gasteiger partial charge is 0.219 e. The lowest BCUT2D eigenvalue weighted by molar-refractivity contribution is -0.122.